The number of hydrogen-bond donors (Lipinski definition) is 0. The second kappa shape index (κ2) is 4.40. The summed E-state index contributed by atoms with van der Waals surface area (Å²) in [5.41, 5.74) is 0.245. The molecule has 0 N–H and O–H groups in total. The van der Waals surface area contributed by atoms with E-state index in [0.29, 0.717) is 10.7 Å². The first-order chi connectivity index (χ1) is 9.16. The number of hydrogen-bond acceptors (Lipinski definition) is 3. The van der Waals surface area contributed by atoms with Crippen molar-refractivity contribution in [3.8, 4) is 5.69 Å². The van der Waals surface area contributed by atoms with Gasteiger partial charge in [0.2, 0.25) is 0 Å². The molecule has 0 spiro atoms. The van der Waals surface area contributed by atoms with Gasteiger partial charge < -0.3 is 4.42 Å². The molecule has 0 aliphatic carbocycles. The Hall–Kier alpha value is -2.33. The van der Waals surface area contributed by atoms with Crippen LogP contribution in [0.1, 0.15) is 0 Å². The number of halogens is 1. The van der Waals surface area contributed by atoms with Gasteiger partial charge in [0, 0.05) is 5.02 Å². The first kappa shape index (κ1) is 11.7. The van der Waals surface area contributed by atoms with E-state index in [1.54, 1.807) is 36.4 Å². The molecule has 0 bridgehead atoms. The van der Waals surface area contributed by atoms with Crippen molar-refractivity contribution in [2.75, 3.05) is 0 Å². The summed E-state index contributed by atoms with van der Waals surface area (Å²) in [7, 11) is 0. The molecule has 4 nitrogen and oxygen atoms in total. The molecule has 1 heterocycles. The maximum absolute atomic E-state index is 12.3. The number of rotatable bonds is 1. The number of para-hydroxylation sites is 1. The molecule has 0 aliphatic rings. The molecule has 94 valence electrons. The van der Waals surface area contributed by atoms with Gasteiger partial charge in [0.25, 0.3) is 5.56 Å². The van der Waals surface area contributed by atoms with E-state index in [1.165, 1.54) is 12.1 Å². The summed E-state index contributed by atoms with van der Waals surface area (Å²) < 4.78 is 6.12. The normalized spacial score (nSPS) is 10.8. The molecule has 0 unspecified atom stereocenters. The summed E-state index contributed by atoms with van der Waals surface area (Å²) in [4.78, 5) is 24.2. The molecule has 0 amide bonds. The van der Waals surface area contributed by atoms with Gasteiger partial charge in [0.1, 0.15) is 5.58 Å². The topological polar surface area (TPSA) is 52.2 Å². The number of fused-ring (bicyclic) bond motifs is 1. The van der Waals surface area contributed by atoms with Crippen LogP contribution in [0.2, 0.25) is 5.02 Å². The van der Waals surface area contributed by atoms with Crippen molar-refractivity contribution in [2.24, 2.45) is 0 Å². The van der Waals surface area contributed by atoms with E-state index in [1.807, 2.05) is 0 Å². The van der Waals surface area contributed by atoms with Crippen molar-refractivity contribution in [3.05, 3.63) is 74.5 Å². The largest absolute Gasteiger partial charge is 0.426 e. The maximum Gasteiger partial charge on any atom is 0.426 e. The van der Waals surface area contributed by atoms with Crippen molar-refractivity contribution < 1.29 is 4.42 Å². The first-order valence-electron chi connectivity index (χ1n) is 5.58. The Morgan fingerprint density at radius 3 is 2.47 bits per heavy atom. The number of aromatic nitrogens is 1. The Kier molecular flexibility index (Phi) is 2.72. The van der Waals surface area contributed by atoms with Gasteiger partial charge in [0.15, 0.2) is 0 Å². The summed E-state index contributed by atoms with van der Waals surface area (Å²) >= 11 is 5.86. The molecule has 0 saturated carbocycles. The van der Waals surface area contributed by atoms with Crippen LogP contribution in [0.4, 0.5) is 0 Å². The third kappa shape index (κ3) is 1.96. The zero-order valence-electron chi connectivity index (χ0n) is 9.67. The number of benzene rings is 2. The Morgan fingerprint density at radius 2 is 1.74 bits per heavy atom. The molecule has 1 aromatic heterocycles. The monoisotopic (exact) mass is 273 g/mol. The fourth-order valence-electron chi connectivity index (χ4n) is 1.90. The Bertz CT molecular complexity index is 865. The number of nitrogens with zero attached hydrogens (tertiary/aromatic N) is 1. The van der Waals surface area contributed by atoms with E-state index in [9.17, 15) is 9.59 Å². The molecule has 0 saturated heterocycles. The first-order valence-corrected chi connectivity index (χ1v) is 5.95. The SMILES string of the molecule is O=c1oc2ccc(Cl)cc2c(=O)n1-c1ccccc1. The second-order valence-corrected chi connectivity index (χ2v) is 4.42. The van der Waals surface area contributed by atoms with Crippen LogP contribution in [-0.4, -0.2) is 4.57 Å². The molecular weight excluding hydrogens is 266 g/mol. The second-order valence-electron chi connectivity index (χ2n) is 3.98. The highest BCUT2D eigenvalue weighted by Crippen LogP contribution is 2.15. The van der Waals surface area contributed by atoms with E-state index >= 15 is 0 Å². The molecule has 0 radical (unpaired) electrons. The maximum atomic E-state index is 12.3. The molecule has 3 rings (SSSR count). The summed E-state index contributed by atoms with van der Waals surface area (Å²) in [6.45, 7) is 0. The highest BCUT2D eigenvalue weighted by Gasteiger charge is 2.11. The van der Waals surface area contributed by atoms with Crippen LogP contribution in [0, 0.1) is 0 Å². The predicted octanol–water partition coefficient (Wildman–Crippen LogP) is 2.60. The lowest BCUT2D eigenvalue weighted by atomic mass is 10.2. The Labute approximate surface area is 112 Å². The van der Waals surface area contributed by atoms with Gasteiger partial charge in [-0.3, -0.25) is 4.79 Å². The smallest absolute Gasteiger partial charge is 0.409 e. The minimum atomic E-state index is -0.717. The summed E-state index contributed by atoms with van der Waals surface area (Å²) in [5, 5.41) is 0.689. The van der Waals surface area contributed by atoms with E-state index in [4.69, 9.17) is 16.0 Å². The van der Waals surface area contributed by atoms with Gasteiger partial charge in [-0.25, -0.2) is 9.36 Å². The standard InChI is InChI=1S/C14H8ClNO3/c15-9-6-7-12-11(8-9)13(17)16(14(18)19-12)10-4-2-1-3-5-10/h1-8H. The van der Waals surface area contributed by atoms with Crippen LogP contribution in [0.3, 0.4) is 0 Å². The Morgan fingerprint density at radius 1 is 1.00 bits per heavy atom. The summed E-state index contributed by atoms with van der Waals surface area (Å²) in [5.74, 6) is -0.717. The van der Waals surface area contributed by atoms with Crippen LogP contribution in [-0.2, 0) is 0 Å². The van der Waals surface area contributed by atoms with Gasteiger partial charge in [-0.2, -0.15) is 0 Å². The molecule has 0 aliphatic heterocycles. The zero-order chi connectivity index (χ0) is 13.4. The molecule has 2 aromatic carbocycles. The lowest BCUT2D eigenvalue weighted by molar-refractivity contribution is 0.504. The third-order valence-electron chi connectivity index (χ3n) is 2.77. The van der Waals surface area contributed by atoms with Gasteiger partial charge >= 0.3 is 5.76 Å². The minimum Gasteiger partial charge on any atom is -0.409 e. The Balaban J connectivity index is 2.44. The van der Waals surface area contributed by atoms with Crippen LogP contribution >= 0.6 is 11.6 Å². The molecular formula is C14H8ClNO3. The van der Waals surface area contributed by atoms with Crippen LogP contribution < -0.4 is 11.3 Å². The lowest BCUT2D eigenvalue weighted by Gasteiger charge is -2.04. The van der Waals surface area contributed by atoms with Gasteiger partial charge in [-0.1, -0.05) is 29.8 Å². The average Bonchev–Trinajstić information content (AvgIpc) is 2.41. The zero-order valence-corrected chi connectivity index (χ0v) is 10.4. The van der Waals surface area contributed by atoms with E-state index < -0.39 is 11.3 Å². The van der Waals surface area contributed by atoms with Gasteiger partial charge in [-0.15, -0.1) is 0 Å². The van der Waals surface area contributed by atoms with Gasteiger partial charge in [-0.05, 0) is 30.3 Å². The van der Waals surface area contributed by atoms with Crippen molar-refractivity contribution in [1.29, 1.82) is 0 Å². The van der Waals surface area contributed by atoms with Crippen molar-refractivity contribution in [2.45, 2.75) is 0 Å². The van der Waals surface area contributed by atoms with E-state index in [0.717, 1.165) is 4.57 Å². The third-order valence-corrected chi connectivity index (χ3v) is 3.00. The highest BCUT2D eigenvalue weighted by atomic mass is 35.5. The molecule has 3 aromatic rings. The predicted molar refractivity (Wildman–Crippen MR) is 73.1 cm³/mol. The van der Waals surface area contributed by atoms with E-state index in [2.05, 4.69) is 0 Å². The summed E-state index contributed by atoms with van der Waals surface area (Å²) in [6, 6.07) is 13.2. The fraction of sp³-hybridized carbons (Fsp3) is 0. The molecule has 0 atom stereocenters. The minimum absolute atomic E-state index is 0.228. The van der Waals surface area contributed by atoms with Crippen LogP contribution in [0.5, 0.6) is 0 Å². The van der Waals surface area contributed by atoms with Crippen molar-refractivity contribution >= 4 is 22.6 Å². The fourth-order valence-corrected chi connectivity index (χ4v) is 2.07. The van der Waals surface area contributed by atoms with Crippen LogP contribution in [0.25, 0.3) is 16.7 Å². The van der Waals surface area contributed by atoms with Crippen molar-refractivity contribution in [1.82, 2.24) is 4.57 Å². The molecule has 0 fully saturated rings. The highest BCUT2D eigenvalue weighted by molar-refractivity contribution is 6.31. The average molecular weight is 274 g/mol. The molecule has 5 heteroatoms. The summed E-state index contributed by atoms with van der Waals surface area (Å²) in [6.07, 6.45) is 0. The lowest BCUT2D eigenvalue weighted by Crippen LogP contribution is -2.30. The van der Waals surface area contributed by atoms with Gasteiger partial charge in [0.05, 0.1) is 11.1 Å². The van der Waals surface area contributed by atoms with E-state index in [-0.39, 0.29) is 11.0 Å². The molecule has 19 heavy (non-hydrogen) atoms. The van der Waals surface area contributed by atoms with Crippen molar-refractivity contribution in [3.63, 3.8) is 0 Å². The van der Waals surface area contributed by atoms with Crippen LogP contribution in [0.15, 0.2) is 62.5 Å². The quantitative estimate of drug-likeness (QED) is 0.685.